The fourth-order valence-electron chi connectivity index (χ4n) is 2.73. The van der Waals surface area contributed by atoms with E-state index in [9.17, 15) is 13.2 Å². The third-order valence-electron chi connectivity index (χ3n) is 4.02. The molecule has 8 heteroatoms. The van der Waals surface area contributed by atoms with E-state index in [1.54, 1.807) is 53.4 Å². The quantitative estimate of drug-likeness (QED) is 0.797. The highest BCUT2D eigenvalue weighted by Gasteiger charge is 2.30. The summed E-state index contributed by atoms with van der Waals surface area (Å²) in [4.78, 5) is 14.4. The Morgan fingerprint density at radius 2 is 1.44 bits per heavy atom. The zero-order chi connectivity index (χ0) is 18.0. The zero-order valence-corrected chi connectivity index (χ0v) is 15.6. The van der Waals surface area contributed by atoms with E-state index in [2.05, 4.69) is 0 Å². The number of carbonyl (C=O) groups excluding carboxylic acids is 1. The average molecular weight is 399 g/mol. The lowest BCUT2D eigenvalue weighted by molar-refractivity contribution is 0.0698. The van der Waals surface area contributed by atoms with Crippen LogP contribution in [0.15, 0.2) is 53.4 Å². The van der Waals surface area contributed by atoms with Gasteiger partial charge in [0.25, 0.3) is 5.91 Å². The maximum absolute atomic E-state index is 12.6. The molecule has 0 unspecified atom stereocenters. The second-order valence-electron chi connectivity index (χ2n) is 5.67. The van der Waals surface area contributed by atoms with Gasteiger partial charge in [-0.1, -0.05) is 41.4 Å². The number of benzene rings is 2. The number of sulfonamides is 1. The molecule has 0 spiro atoms. The molecule has 0 radical (unpaired) electrons. The molecular formula is C17H16Cl2N2O3S. The fraction of sp³-hybridized carbons (Fsp3) is 0.235. The summed E-state index contributed by atoms with van der Waals surface area (Å²) in [5, 5.41) is 0.780. The number of piperazine rings is 1. The predicted molar refractivity (Wildman–Crippen MR) is 97.6 cm³/mol. The lowest BCUT2D eigenvalue weighted by Crippen LogP contribution is -2.50. The van der Waals surface area contributed by atoms with Crippen LogP contribution in [0.25, 0.3) is 0 Å². The Balaban J connectivity index is 1.70. The van der Waals surface area contributed by atoms with Crippen LogP contribution >= 0.6 is 23.2 Å². The van der Waals surface area contributed by atoms with Gasteiger partial charge >= 0.3 is 0 Å². The Hall–Kier alpha value is -1.60. The zero-order valence-electron chi connectivity index (χ0n) is 13.2. The number of hydrogen-bond acceptors (Lipinski definition) is 3. The summed E-state index contributed by atoms with van der Waals surface area (Å²) in [6.07, 6.45) is 0. The molecule has 1 saturated heterocycles. The van der Waals surface area contributed by atoms with E-state index < -0.39 is 10.0 Å². The van der Waals surface area contributed by atoms with E-state index in [4.69, 9.17) is 23.2 Å². The highest BCUT2D eigenvalue weighted by atomic mass is 35.5. The second kappa shape index (κ2) is 7.33. The van der Waals surface area contributed by atoms with Crippen LogP contribution in [0.1, 0.15) is 10.4 Å². The van der Waals surface area contributed by atoms with Crippen molar-refractivity contribution in [1.29, 1.82) is 0 Å². The van der Waals surface area contributed by atoms with Crippen molar-refractivity contribution in [2.24, 2.45) is 0 Å². The number of carbonyl (C=O) groups is 1. The van der Waals surface area contributed by atoms with Crippen LogP contribution in [0.5, 0.6) is 0 Å². The molecule has 2 aromatic rings. The normalized spacial score (nSPS) is 16.0. The molecule has 1 aliphatic heterocycles. The summed E-state index contributed by atoms with van der Waals surface area (Å²) in [5.74, 6) is -0.207. The van der Waals surface area contributed by atoms with Crippen LogP contribution in [-0.2, 0) is 10.0 Å². The molecule has 132 valence electrons. The van der Waals surface area contributed by atoms with Crippen molar-refractivity contribution in [3.8, 4) is 0 Å². The van der Waals surface area contributed by atoms with Crippen LogP contribution in [0, 0.1) is 0 Å². The Bertz CT molecular complexity index is 860. The molecule has 0 atom stereocenters. The van der Waals surface area contributed by atoms with E-state index in [0.717, 1.165) is 0 Å². The summed E-state index contributed by atoms with van der Waals surface area (Å²) in [5.41, 5.74) is 0.400. The lowest BCUT2D eigenvalue weighted by atomic mass is 10.2. The topological polar surface area (TPSA) is 57.7 Å². The van der Waals surface area contributed by atoms with Crippen LogP contribution in [0.4, 0.5) is 0 Å². The first-order valence-corrected chi connectivity index (χ1v) is 9.88. The van der Waals surface area contributed by atoms with Crippen molar-refractivity contribution in [2.75, 3.05) is 26.2 Å². The van der Waals surface area contributed by atoms with Gasteiger partial charge in [-0.25, -0.2) is 8.42 Å². The van der Waals surface area contributed by atoms with Gasteiger partial charge in [-0.3, -0.25) is 4.79 Å². The van der Waals surface area contributed by atoms with E-state index in [1.165, 1.54) is 4.31 Å². The molecule has 0 saturated carbocycles. The molecule has 1 amide bonds. The lowest BCUT2D eigenvalue weighted by Gasteiger charge is -2.34. The fourth-order valence-corrected chi connectivity index (χ4v) is 4.70. The molecule has 1 heterocycles. The van der Waals surface area contributed by atoms with Gasteiger partial charge in [-0.2, -0.15) is 4.31 Å². The van der Waals surface area contributed by atoms with Crippen molar-refractivity contribution in [3.05, 3.63) is 64.1 Å². The Labute approximate surface area is 156 Å². The van der Waals surface area contributed by atoms with Crippen molar-refractivity contribution in [2.45, 2.75) is 4.90 Å². The number of rotatable bonds is 3. The monoisotopic (exact) mass is 398 g/mol. The smallest absolute Gasteiger partial charge is 0.254 e. The van der Waals surface area contributed by atoms with Crippen LogP contribution < -0.4 is 0 Å². The molecule has 0 aliphatic carbocycles. The van der Waals surface area contributed by atoms with Crippen molar-refractivity contribution in [3.63, 3.8) is 0 Å². The molecule has 5 nitrogen and oxygen atoms in total. The molecule has 3 rings (SSSR count). The minimum absolute atomic E-state index is 0.207. The molecule has 1 aliphatic rings. The first-order chi connectivity index (χ1) is 11.9. The van der Waals surface area contributed by atoms with Crippen LogP contribution in [0.2, 0.25) is 10.0 Å². The van der Waals surface area contributed by atoms with Gasteiger partial charge in [0.1, 0.15) is 0 Å². The molecular weight excluding hydrogens is 383 g/mol. The van der Waals surface area contributed by atoms with Crippen molar-refractivity contribution >= 4 is 39.1 Å². The average Bonchev–Trinajstić information content (AvgIpc) is 2.61. The van der Waals surface area contributed by atoms with Gasteiger partial charge in [-0.05, 0) is 30.3 Å². The maximum atomic E-state index is 12.6. The third-order valence-corrected chi connectivity index (χ3v) is 6.37. The summed E-state index contributed by atoms with van der Waals surface area (Å²) in [6.45, 7) is 1.12. The highest BCUT2D eigenvalue weighted by molar-refractivity contribution is 7.89. The van der Waals surface area contributed by atoms with E-state index in [-0.39, 0.29) is 23.9 Å². The highest BCUT2D eigenvalue weighted by Crippen LogP contribution is 2.22. The number of amides is 1. The summed E-state index contributed by atoms with van der Waals surface area (Å²) in [7, 11) is -3.54. The van der Waals surface area contributed by atoms with Gasteiger partial charge in [0, 0.05) is 41.8 Å². The van der Waals surface area contributed by atoms with E-state index in [0.29, 0.717) is 28.7 Å². The minimum atomic E-state index is -3.54. The number of halogens is 2. The first-order valence-electron chi connectivity index (χ1n) is 7.68. The van der Waals surface area contributed by atoms with Gasteiger partial charge < -0.3 is 4.90 Å². The summed E-state index contributed by atoms with van der Waals surface area (Å²) in [6, 6.07) is 13.0. The van der Waals surface area contributed by atoms with Gasteiger partial charge in [-0.15, -0.1) is 0 Å². The largest absolute Gasteiger partial charge is 0.336 e. The van der Waals surface area contributed by atoms with E-state index in [1.807, 2.05) is 0 Å². The molecule has 2 aromatic carbocycles. The number of nitrogens with zero attached hydrogens (tertiary/aromatic N) is 2. The van der Waals surface area contributed by atoms with Crippen LogP contribution in [0.3, 0.4) is 0 Å². The van der Waals surface area contributed by atoms with Gasteiger partial charge in [0.2, 0.25) is 10.0 Å². The number of hydrogen-bond donors (Lipinski definition) is 0. The predicted octanol–water partition coefficient (Wildman–Crippen LogP) is 3.14. The Kier molecular flexibility index (Phi) is 5.34. The van der Waals surface area contributed by atoms with Crippen LogP contribution in [-0.4, -0.2) is 49.7 Å². The summed E-state index contributed by atoms with van der Waals surface area (Å²) < 4.78 is 26.6. The summed E-state index contributed by atoms with van der Waals surface area (Å²) >= 11 is 11.9. The van der Waals surface area contributed by atoms with Crippen molar-refractivity contribution in [1.82, 2.24) is 9.21 Å². The molecule has 0 N–H and O–H groups in total. The third kappa shape index (κ3) is 3.98. The van der Waals surface area contributed by atoms with Crippen molar-refractivity contribution < 1.29 is 13.2 Å². The molecule has 0 aromatic heterocycles. The minimum Gasteiger partial charge on any atom is -0.336 e. The molecule has 0 bridgehead atoms. The SMILES string of the molecule is O=C(c1cc(Cl)cc(Cl)c1)N1CCN(S(=O)(=O)c2ccccc2)CC1. The maximum Gasteiger partial charge on any atom is 0.254 e. The second-order valence-corrected chi connectivity index (χ2v) is 8.48. The standard InChI is InChI=1S/C17H16Cl2N2O3S/c18-14-10-13(11-15(19)12-14)17(22)20-6-8-21(9-7-20)25(23,24)16-4-2-1-3-5-16/h1-5,10-12H,6-9H2. The van der Waals surface area contributed by atoms with E-state index >= 15 is 0 Å². The van der Waals surface area contributed by atoms with Gasteiger partial charge in [0.15, 0.2) is 0 Å². The molecule has 25 heavy (non-hydrogen) atoms. The Morgan fingerprint density at radius 3 is 2.00 bits per heavy atom. The van der Waals surface area contributed by atoms with Gasteiger partial charge in [0.05, 0.1) is 4.90 Å². The molecule has 1 fully saturated rings. The first kappa shape index (κ1) is 18.2. The Morgan fingerprint density at radius 1 is 0.880 bits per heavy atom.